The van der Waals surface area contributed by atoms with Crippen molar-refractivity contribution in [1.29, 1.82) is 0 Å². The van der Waals surface area contributed by atoms with Crippen LogP contribution < -0.4 is 16.0 Å². The van der Waals surface area contributed by atoms with Gasteiger partial charge in [0.15, 0.2) is 0 Å². The van der Waals surface area contributed by atoms with E-state index in [2.05, 4.69) is 16.0 Å². The zero-order valence-corrected chi connectivity index (χ0v) is 24.5. The summed E-state index contributed by atoms with van der Waals surface area (Å²) in [6.07, 6.45) is 2.34. The Bertz CT molecular complexity index is 1050. The van der Waals surface area contributed by atoms with E-state index < -0.39 is 45.6 Å². The molecular weight excluding hydrogens is 544 g/mol. The Hall–Kier alpha value is -2.45. The SMILES string of the molecule is CC(C)C[C@H](NC(=O)OC1CC2(CCN(C(=O)C(C)C)CC2)C1)C(=O)N[C@@H](C[C@@H]1CCNC1=O)[C@H](O)S(=O)(=O)O. The Morgan fingerprint density at radius 2 is 1.75 bits per heavy atom. The molecule has 3 rings (SSSR count). The van der Waals surface area contributed by atoms with Crippen LogP contribution in [0.15, 0.2) is 0 Å². The second-order valence-corrected chi connectivity index (χ2v) is 13.8. The molecule has 0 bridgehead atoms. The lowest BCUT2D eigenvalue weighted by atomic mass is 9.61. The minimum absolute atomic E-state index is 0.0349. The Balaban J connectivity index is 1.56. The molecule has 3 aliphatic rings. The van der Waals surface area contributed by atoms with Crippen molar-refractivity contribution in [3.05, 3.63) is 0 Å². The van der Waals surface area contributed by atoms with Gasteiger partial charge in [0.25, 0.3) is 10.1 Å². The van der Waals surface area contributed by atoms with Crippen molar-refractivity contribution >= 4 is 33.9 Å². The number of alkyl carbamates (subject to hydrolysis) is 1. The number of hydrogen-bond donors (Lipinski definition) is 5. The van der Waals surface area contributed by atoms with Crippen LogP contribution in [0.2, 0.25) is 0 Å². The molecule has 1 aliphatic carbocycles. The third kappa shape index (κ3) is 8.29. The van der Waals surface area contributed by atoms with Gasteiger partial charge in [-0.3, -0.25) is 18.9 Å². The Kier molecular flexibility index (Phi) is 10.4. The van der Waals surface area contributed by atoms with Crippen LogP contribution in [0.5, 0.6) is 0 Å². The molecule has 1 saturated carbocycles. The molecule has 228 valence electrons. The Morgan fingerprint density at radius 1 is 1.12 bits per heavy atom. The Labute approximate surface area is 235 Å². The molecule has 2 aliphatic heterocycles. The number of carbonyl (C=O) groups excluding carboxylic acids is 4. The molecule has 4 atom stereocenters. The van der Waals surface area contributed by atoms with Crippen molar-refractivity contribution in [1.82, 2.24) is 20.9 Å². The number of nitrogens with zero attached hydrogens (tertiary/aromatic N) is 1. The first-order chi connectivity index (χ1) is 18.6. The standard InChI is InChI=1S/C26H44N4O9S/c1-15(2)11-19(22(32)28-20(24(34)40(36,37)38)12-17-5-8-27-21(17)31)29-25(35)39-18-13-26(14-18)6-9-30(10-7-26)23(33)16(3)4/h15-20,24,34H,5-14H2,1-4H3,(H,27,31)(H,28,32)(H,29,35)(H,36,37,38)/t17-,19-,20-,24+/m0/s1. The van der Waals surface area contributed by atoms with Crippen LogP contribution >= 0.6 is 0 Å². The molecule has 4 amide bonds. The quantitative estimate of drug-likeness (QED) is 0.217. The topological polar surface area (TPSA) is 191 Å². The fourth-order valence-corrected chi connectivity index (χ4v) is 6.50. The van der Waals surface area contributed by atoms with Crippen LogP contribution in [0.1, 0.15) is 72.6 Å². The summed E-state index contributed by atoms with van der Waals surface area (Å²) in [5, 5.41) is 17.8. The summed E-state index contributed by atoms with van der Waals surface area (Å²) in [6, 6.07) is -2.57. The molecule has 0 unspecified atom stereocenters. The van der Waals surface area contributed by atoms with Crippen LogP contribution in [-0.2, 0) is 29.2 Å². The summed E-state index contributed by atoms with van der Waals surface area (Å²) < 4.78 is 38.3. The van der Waals surface area contributed by atoms with Gasteiger partial charge in [-0.15, -0.1) is 0 Å². The maximum absolute atomic E-state index is 13.2. The van der Waals surface area contributed by atoms with E-state index in [1.807, 2.05) is 32.6 Å². The van der Waals surface area contributed by atoms with Crippen molar-refractivity contribution < 1.29 is 42.0 Å². The van der Waals surface area contributed by atoms with Gasteiger partial charge in [-0.2, -0.15) is 8.42 Å². The minimum Gasteiger partial charge on any atom is -0.446 e. The second-order valence-electron chi connectivity index (χ2n) is 12.3. The van der Waals surface area contributed by atoms with Crippen molar-refractivity contribution in [3.8, 4) is 0 Å². The van der Waals surface area contributed by atoms with Gasteiger partial charge in [-0.25, -0.2) is 4.79 Å². The van der Waals surface area contributed by atoms with Gasteiger partial charge in [0.2, 0.25) is 23.2 Å². The number of piperidine rings is 1. The van der Waals surface area contributed by atoms with Crippen molar-refractivity contribution in [3.63, 3.8) is 0 Å². The van der Waals surface area contributed by atoms with Crippen LogP contribution in [0.4, 0.5) is 4.79 Å². The predicted octanol–water partition coefficient (Wildman–Crippen LogP) is 0.772. The van der Waals surface area contributed by atoms with E-state index in [1.165, 1.54) is 0 Å². The molecular formula is C26H44N4O9S. The van der Waals surface area contributed by atoms with Gasteiger partial charge in [-0.05, 0) is 56.3 Å². The van der Waals surface area contributed by atoms with Gasteiger partial charge in [0.05, 0.1) is 6.04 Å². The van der Waals surface area contributed by atoms with E-state index in [9.17, 15) is 37.3 Å². The molecule has 2 heterocycles. The highest BCUT2D eigenvalue weighted by Crippen LogP contribution is 2.50. The molecule has 0 aromatic heterocycles. The molecule has 1 spiro atoms. The first-order valence-corrected chi connectivity index (χ1v) is 15.6. The summed E-state index contributed by atoms with van der Waals surface area (Å²) in [5.41, 5.74) is -2.30. The minimum atomic E-state index is -4.94. The number of ether oxygens (including phenoxy) is 1. The molecule has 0 aromatic carbocycles. The zero-order valence-electron chi connectivity index (χ0n) is 23.7. The molecule has 3 fully saturated rings. The van der Waals surface area contributed by atoms with E-state index in [1.54, 1.807) is 0 Å². The number of amides is 4. The highest BCUT2D eigenvalue weighted by Gasteiger charge is 2.48. The zero-order chi connectivity index (χ0) is 29.8. The largest absolute Gasteiger partial charge is 0.446 e. The lowest BCUT2D eigenvalue weighted by Crippen LogP contribution is -2.56. The third-order valence-electron chi connectivity index (χ3n) is 8.22. The van der Waals surface area contributed by atoms with E-state index in [0.29, 0.717) is 38.9 Å². The van der Waals surface area contributed by atoms with Gasteiger partial charge >= 0.3 is 6.09 Å². The van der Waals surface area contributed by atoms with Crippen LogP contribution in [0.25, 0.3) is 0 Å². The maximum Gasteiger partial charge on any atom is 0.408 e. The van der Waals surface area contributed by atoms with Crippen molar-refractivity contribution in [2.24, 2.45) is 23.2 Å². The number of nitrogens with one attached hydrogen (secondary N) is 3. The number of aliphatic hydroxyl groups is 1. The van der Waals surface area contributed by atoms with Gasteiger partial charge in [0.1, 0.15) is 12.1 Å². The van der Waals surface area contributed by atoms with Crippen LogP contribution in [-0.4, -0.2) is 90.0 Å². The molecule has 5 N–H and O–H groups in total. The molecule has 2 saturated heterocycles. The molecule has 40 heavy (non-hydrogen) atoms. The lowest BCUT2D eigenvalue weighted by molar-refractivity contribution is -0.140. The molecule has 0 aromatic rings. The van der Waals surface area contributed by atoms with Gasteiger partial charge in [-0.1, -0.05) is 27.7 Å². The fraction of sp³-hybridized carbons (Fsp3) is 0.846. The average Bonchev–Trinajstić information content (AvgIpc) is 3.24. The number of rotatable bonds is 11. The third-order valence-corrected chi connectivity index (χ3v) is 9.16. The first-order valence-electron chi connectivity index (χ1n) is 14.1. The summed E-state index contributed by atoms with van der Waals surface area (Å²) in [5.74, 6) is -1.67. The summed E-state index contributed by atoms with van der Waals surface area (Å²) in [6.45, 7) is 9.20. The van der Waals surface area contributed by atoms with E-state index in [4.69, 9.17) is 4.74 Å². The Morgan fingerprint density at radius 3 is 2.25 bits per heavy atom. The van der Waals surface area contributed by atoms with Crippen molar-refractivity contribution in [2.75, 3.05) is 19.6 Å². The smallest absolute Gasteiger partial charge is 0.408 e. The highest BCUT2D eigenvalue weighted by molar-refractivity contribution is 7.86. The molecule has 0 radical (unpaired) electrons. The summed E-state index contributed by atoms with van der Waals surface area (Å²) in [7, 11) is -4.94. The monoisotopic (exact) mass is 588 g/mol. The van der Waals surface area contributed by atoms with Gasteiger partial charge in [0, 0.05) is 31.5 Å². The lowest BCUT2D eigenvalue weighted by Gasteiger charge is -2.51. The average molecular weight is 589 g/mol. The molecule has 13 nitrogen and oxygen atoms in total. The highest BCUT2D eigenvalue weighted by atomic mass is 32.2. The summed E-state index contributed by atoms with van der Waals surface area (Å²) >= 11 is 0. The summed E-state index contributed by atoms with van der Waals surface area (Å²) in [4.78, 5) is 52.0. The number of carbonyl (C=O) groups is 4. The number of aliphatic hydroxyl groups excluding tert-OH is 1. The number of likely N-dealkylation sites (tertiary alicyclic amines) is 1. The predicted molar refractivity (Wildman–Crippen MR) is 144 cm³/mol. The maximum atomic E-state index is 13.2. The normalized spacial score (nSPS) is 23.4. The fourth-order valence-electron chi connectivity index (χ4n) is 5.91. The van der Waals surface area contributed by atoms with E-state index in [-0.39, 0.29) is 48.0 Å². The van der Waals surface area contributed by atoms with E-state index in [0.717, 1.165) is 12.8 Å². The van der Waals surface area contributed by atoms with Crippen molar-refractivity contribution in [2.45, 2.75) is 96.3 Å². The molecule has 14 heteroatoms. The van der Waals surface area contributed by atoms with Crippen LogP contribution in [0, 0.1) is 23.2 Å². The van der Waals surface area contributed by atoms with E-state index >= 15 is 0 Å². The van der Waals surface area contributed by atoms with Gasteiger partial charge < -0.3 is 30.7 Å². The second kappa shape index (κ2) is 13.0. The number of hydrogen-bond acceptors (Lipinski definition) is 8. The first kappa shape index (κ1) is 32.1. The van der Waals surface area contributed by atoms with Crippen LogP contribution in [0.3, 0.4) is 0 Å².